The Bertz CT molecular complexity index is 586. The molecule has 1 unspecified atom stereocenters. The Morgan fingerprint density at radius 1 is 1.25 bits per heavy atom. The highest BCUT2D eigenvalue weighted by atomic mass is 35.5. The summed E-state index contributed by atoms with van der Waals surface area (Å²) in [7, 11) is 1.67. The molecule has 0 spiro atoms. The number of nitrogens with one attached hydrogen (secondary N) is 1. The predicted octanol–water partition coefficient (Wildman–Crippen LogP) is 4.62. The van der Waals surface area contributed by atoms with Crippen LogP contribution in [-0.2, 0) is 0 Å². The fourth-order valence-electron chi connectivity index (χ4n) is 2.15. The van der Waals surface area contributed by atoms with Gasteiger partial charge in [0.25, 0.3) is 0 Å². The molecule has 0 saturated carbocycles. The van der Waals surface area contributed by atoms with Crippen molar-refractivity contribution in [3.63, 3.8) is 0 Å². The van der Waals surface area contributed by atoms with E-state index in [0.29, 0.717) is 5.02 Å². The van der Waals surface area contributed by atoms with Crippen LogP contribution in [0.1, 0.15) is 24.9 Å². The molecule has 2 N–H and O–H groups in total. The third-order valence-electron chi connectivity index (χ3n) is 3.21. The zero-order chi connectivity index (χ0) is 14.5. The third-order valence-corrected chi connectivity index (χ3v) is 3.51. The average molecular weight is 292 g/mol. The van der Waals surface area contributed by atoms with Crippen LogP contribution in [0.3, 0.4) is 0 Å². The van der Waals surface area contributed by atoms with Gasteiger partial charge in [-0.25, -0.2) is 0 Å². The topological polar surface area (TPSA) is 41.5 Å². The highest BCUT2D eigenvalue weighted by Crippen LogP contribution is 2.32. The van der Waals surface area contributed by atoms with E-state index in [1.54, 1.807) is 25.3 Å². The lowest BCUT2D eigenvalue weighted by atomic mass is 10.0. The van der Waals surface area contributed by atoms with E-state index in [2.05, 4.69) is 12.2 Å². The molecule has 0 aliphatic heterocycles. The fraction of sp³-hybridized carbons (Fsp3) is 0.250. The van der Waals surface area contributed by atoms with Gasteiger partial charge in [-0.2, -0.15) is 0 Å². The van der Waals surface area contributed by atoms with Crippen molar-refractivity contribution < 1.29 is 9.84 Å². The number of aromatic hydroxyl groups is 1. The Balaban J connectivity index is 2.26. The molecule has 0 bridgehead atoms. The molecule has 0 aliphatic rings. The van der Waals surface area contributed by atoms with Crippen molar-refractivity contribution in [3.05, 3.63) is 53.1 Å². The summed E-state index contributed by atoms with van der Waals surface area (Å²) in [4.78, 5) is 0. The molecule has 0 amide bonds. The number of halogens is 1. The SMILES string of the molecule is CCC(Nc1ccc(O)c(Cl)c1)c1ccccc1OC. The van der Waals surface area contributed by atoms with E-state index >= 15 is 0 Å². The first-order valence-electron chi connectivity index (χ1n) is 6.53. The molecule has 0 heterocycles. The normalized spacial score (nSPS) is 11.9. The molecule has 0 aromatic heterocycles. The Morgan fingerprint density at radius 3 is 2.65 bits per heavy atom. The van der Waals surface area contributed by atoms with Crippen LogP contribution in [0.5, 0.6) is 11.5 Å². The van der Waals surface area contributed by atoms with Crippen LogP contribution in [-0.4, -0.2) is 12.2 Å². The van der Waals surface area contributed by atoms with Gasteiger partial charge in [-0.3, -0.25) is 0 Å². The number of methoxy groups -OCH3 is 1. The van der Waals surface area contributed by atoms with Gasteiger partial charge in [0.2, 0.25) is 0 Å². The van der Waals surface area contributed by atoms with Crippen molar-refractivity contribution in [2.24, 2.45) is 0 Å². The summed E-state index contributed by atoms with van der Waals surface area (Å²) in [6.45, 7) is 2.10. The van der Waals surface area contributed by atoms with E-state index < -0.39 is 0 Å². The van der Waals surface area contributed by atoms with Gasteiger partial charge in [-0.15, -0.1) is 0 Å². The number of hydrogen-bond donors (Lipinski definition) is 2. The van der Waals surface area contributed by atoms with E-state index in [1.165, 1.54) is 0 Å². The second-order valence-corrected chi connectivity index (χ2v) is 4.92. The molecule has 2 rings (SSSR count). The molecule has 3 nitrogen and oxygen atoms in total. The lowest BCUT2D eigenvalue weighted by Gasteiger charge is -2.21. The minimum Gasteiger partial charge on any atom is -0.506 e. The maximum absolute atomic E-state index is 9.45. The minimum absolute atomic E-state index is 0.0857. The van der Waals surface area contributed by atoms with Crippen molar-refractivity contribution in [3.8, 4) is 11.5 Å². The molecule has 0 aliphatic carbocycles. The molecule has 2 aromatic carbocycles. The summed E-state index contributed by atoms with van der Waals surface area (Å²) in [5.74, 6) is 0.944. The Labute approximate surface area is 124 Å². The van der Waals surface area contributed by atoms with Gasteiger partial charge in [0.1, 0.15) is 11.5 Å². The number of ether oxygens (including phenoxy) is 1. The fourth-order valence-corrected chi connectivity index (χ4v) is 2.33. The van der Waals surface area contributed by atoms with Crippen LogP contribution in [0.25, 0.3) is 0 Å². The molecular formula is C16H18ClNO2. The number of hydrogen-bond acceptors (Lipinski definition) is 3. The van der Waals surface area contributed by atoms with Crippen LogP contribution in [0.2, 0.25) is 5.02 Å². The average Bonchev–Trinajstić information content (AvgIpc) is 2.48. The van der Waals surface area contributed by atoms with Crippen LogP contribution in [0.4, 0.5) is 5.69 Å². The molecule has 4 heteroatoms. The van der Waals surface area contributed by atoms with Gasteiger partial charge in [0, 0.05) is 11.3 Å². The first kappa shape index (κ1) is 14.5. The molecule has 106 valence electrons. The minimum atomic E-state index is 0.0857. The molecule has 2 aromatic rings. The zero-order valence-electron chi connectivity index (χ0n) is 11.6. The smallest absolute Gasteiger partial charge is 0.134 e. The molecule has 0 fully saturated rings. The van der Waals surface area contributed by atoms with Crippen LogP contribution >= 0.6 is 11.6 Å². The lowest BCUT2D eigenvalue weighted by Crippen LogP contribution is -2.10. The van der Waals surface area contributed by atoms with Gasteiger partial charge in [0.15, 0.2) is 0 Å². The largest absolute Gasteiger partial charge is 0.506 e. The maximum Gasteiger partial charge on any atom is 0.134 e. The summed E-state index contributed by atoms with van der Waals surface area (Å²) >= 11 is 5.93. The van der Waals surface area contributed by atoms with Gasteiger partial charge in [0.05, 0.1) is 18.2 Å². The highest BCUT2D eigenvalue weighted by Gasteiger charge is 2.14. The predicted molar refractivity (Wildman–Crippen MR) is 82.8 cm³/mol. The van der Waals surface area contributed by atoms with Crippen molar-refractivity contribution >= 4 is 17.3 Å². The molecular weight excluding hydrogens is 274 g/mol. The van der Waals surface area contributed by atoms with E-state index in [4.69, 9.17) is 16.3 Å². The highest BCUT2D eigenvalue weighted by molar-refractivity contribution is 6.32. The van der Waals surface area contributed by atoms with E-state index in [0.717, 1.165) is 23.4 Å². The summed E-state index contributed by atoms with van der Waals surface area (Å²) in [5, 5.41) is 13.2. The van der Waals surface area contributed by atoms with Gasteiger partial charge in [-0.1, -0.05) is 36.7 Å². The van der Waals surface area contributed by atoms with Crippen LogP contribution in [0.15, 0.2) is 42.5 Å². The Hall–Kier alpha value is -1.87. The summed E-state index contributed by atoms with van der Waals surface area (Å²) in [6.07, 6.45) is 0.902. The number of phenols is 1. The van der Waals surface area contributed by atoms with E-state index in [9.17, 15) is 5.11 Å². The maximum atomic E-state index is 9.45. The molecule has 0 radical (unpaired) electrons. The standard InChI is InChI=1S/C16H18ClNO2/c1-3-14(12-6-4-5-7-16(12)20-2)18-11-8-9-15(19)13(17)10-11/h4-10,14,18-19H,3H2,1-2H3. The van der Waals surface area contributed by atoms with Crippen molar-refractivity contribution in [2.45, 2.75) is 19.4 Å². The summed E-state index contributed by atoms with van der Waals surface area (Å²) in [6, 6.07) is 13.2. The lowest BCUT2D eigenvalue weighted by molar-refractivity contribution is 0.406. The second kappa shape index (κ2) is 6.53. The van der Waals surface area contributed by atoms with Gasteiger partial charge < -0.3 is 15.2 Å². The summed E-state index contributed by atoms with van der Waals surface area (Å²) in [5.41, 5.74) is 1.97. The van der Waals surface area contributed by atoms with Crippen LogP contribution < -0.4 is 10.1 Å². The number of rotatable bonds is 5. The quantitative estimate of drug-likeness (QED) is 0.790. The van der Waals surface area contributed by atoms with Gasteiger partial charge >= 0.3 is 0 Å². The zero-order valence-corrected chi connectivity index (χ0v) is 12.3. The second-order valence-electron chi connectivity index (χ2n) is 4.51. The molecule has 0 saturated heterocycles. The molecule has 1 atom stereocenters. The Kier molecular flexibility index (Phi) is 4.74. The first-order valence-corrected chi connectivity index (χ1v) is 6.91. The van der Waals surface area contributed by atoms with Gasteiger partial charge in [-0.05, 0) is 30.7 Å². The number of para-hydroxylation sites is 1. The number of anilines is 1. The van der Waals surface area contributed by atoms with Crippen molar-refractivity contribution in [2.75, 3.05) is 12.4 Å². The van der Waals surface area contributed by atoms with Crippen LogP contribution in [0, 0.1) is 0 Å². The monoisotopic (exact) mass is 291 g/mol. The van der Waals surface area contributed by atoms with Crippen molar-refractivity contribution in [1.82, 2.24) is 0 Å². The molecule has 20 heavy (non-hydrogen) atoms. The number of benzene rings is 2. The van der Waals surface area contributed by atoms with E-state index in [1.807, 2.05) is 24.3 Å². The Morgan fingerprint density at radius 2 is 2.00 bits per heavy atom. The number of phenolic OH excluding ortho intramolecular Hbond substituents is 1. The van der Waals surface area contributed by atoms with E-state index in [-0.39, 0.29) is 11.8 Å². The third kappa shape index (κ3) is 3.17. The first-order chi connectivity index (χ1) is 9.65. The van der Waals surface area contributed by atoms with Crippen molar-refractivity contribution in [1.29, 1.82) is 0 Å². The summed E-state index contributed by atoms with van der Waals surface area (Å²) < 4.78 is 5.40.